The molecule has 4 N–H and O–H groups in total. The van der Waals surface area contributed by atoms with Crippen LogP contribution in [0, 0.1) is 0 Å². The third-order valence-electron chi connectivity index (χ3n) is 3.63. The van der Waals surface area contributed by atoms with Crippen LogP contribution < -0.4 is 10.5 Å². The second kappa shape index (κ2) is 6.67. The van der Waals surface area contributed by atoms with Crippen molar-refractivity contribution in [2.45, 2.75) is 50.1 Å². The van der Waals surface area contributed by atoms with Gasteiger partial charge in [0, 0.05) is 12.6 Å². The predicted octanol–water partition coefficient (Wildman–Crippen LogP) is 0.868. The van der Waals surface area contributed by atoms with Crippen LogP contribution in [0.15, 0.2) is 24.3 Å². The van der Waals surface area contributed by atoms with Crippen LogP contribution in [-0.2, 0) is 22.3 Å². The van der Waals surface area contributed by atoms with Gasteiger partial charge in [0.2, 0.25) is 10.0 Å². The Kier molecular flexibility index (Phi) is 5.15. The average molecular weight is 298 g/mol. The largest absolute Gasteiger partial charge is 0.393 e. The summed E-state index contributed by atoms with van der Waals surface area (Å²) in [6, 6.07) is 7.27. The van der Waals surface area contributed by atoms with Crippen LogP contribution in [-0.4, -0.2) is 25.7 Å². The van der Waals surface area contributed by atoms with Gasteiger partial charge in [0.1, 0.15) is 0 Å². The summed E-state index contributed by atoms with van der Waals surface area (Å²) in [5, 5.41) is 9.43. The maximum absolute atomic E-state index is 12.1. The summed E-state index contributed by atoms with van der Waals surface area (Å²) in [4.78, 5) is 0. The van der Waals surface area contributed by atoms with Gasteiger partial charge in [-0.25, -0.2) is 13.1 Å². The van der Waals surface area contributed by atoms with E-state index >= 15 is 0 Å². The van der Waals surface area contributed by atoms with Crippen molar-refractivity contribution < 1.29 is 13.5 Å². The molecule has 0 bridgehead atoms. The molecule has 0 amide bonds. The number of nitrogens with one attached hydrogen (secondary N) is 1. The monoisotopic (exact) mass is 298 g/mol. The van der Waals surface area contributed by atoms with Crippen molar-refractivity contribution in [3.63, 3.8) is 0 Å². The van der Waals surface area contributed by atoms with Crippen molar-refractivity contribution in [2.24, 2.45) is 5.73 Å². The van der Waals surface area contributed by atoms with Crippen LogP contribution >= 0.6 is 0 Å². The van der Waals surface area contributed by atoms with Gasteiger partial charge in [0.15, 0.2) is 0 Å². The Bertz CT molecular complexity index is 537. The van der Waals surface area contributed by atoms with Gasteiger partial charge in [-0.3, -0.25) is 0 Å². The van der Waals surface area contributed by atoms with Crippen molar-refractivity contribution in [2.75, 3.05) is 0 Å². The lowest BCUT2D eigenvalue weighted by molar-refractivity contribution is 0.120. The summed E-state index contributed by atoms with van der Waals surface area (Å²) < 4.78 is 27.0. The molecule has 0 heterocycles. The second-order valence-corrected chi connectivity index (χ2v) is 7.16. The number of hydrogen-bond acceptors (Lipinski definition) is 4. The lowest BCUT2D eigenvalue weighted by atomic mass is 9.94. The first-order valence-corrected chi connectivity index (χ1v) is 8.59. The Morgan fingerprint density at radius 1 is 1.20 bits per heavy atom. The standard InChI is InChI=1S/C14H22N2O3S/c15-9-11-2-1-3-12(8-11)10-20(18,19)16-13-4-6-14(17)7-5-13/h1-3,8,13-14,16-17H,4-7,9-10,15H2. The summed E-state index contributed by atoms with van der Waals surface area (Å²) in [6.07, 6.45) is 2.44. The third-order valence-corrected chi connectivity index (χ3v) is 5.03. The van der Waals surface area contributed by atoms with Crippen molar-refractivity contribution in [3.8, 4) is 0 Å². The molecule has 0 radical (unpaired) electrons. The molecule has 0 aliphatic heterocycles. The van der Waals surface area contributed by atoms with E-state index in [9.17, 15) is 13.5 Å². The highest BCUT2D eigenvalue weighted by Gasteiger charge is 2.23. The number of aliphatic hydroxyl groups excluding tert-OH is 1. The fraction of sp³-hybridized carbons (Fsp3) is 0.571. The molecule has 0 atom stereocenters. The van der Waals surface area contributed by atoms with Crippen LogP contribution in [0.4, 0.5) is 0 Å². The molecule has 0 saturated heterocycles. The Hall–Kier alpha value is -0.950. The van der Waals surface area contributed by atoms with Crippen LogP contribution in [0.3, 0.4) is 0 Å². The Balaban J connectivity index is 1.96. The van der Waals surface area contributed by atoms with Gasteiger partial charge in [-0.05, 0) is 36.8 Å². The fourth-order valence-electron chi connectivity index (χ4n) is 2.56. The lowest BCUT2D eigenvalue weighted by Crippen LogP contribution is -2.39. The van der Waals surface area contributed by atoms with E-state index in [1.54, 1.807) is 6.07 Å². The first kappa shape index (κ1) is 15.4. The Labute approximate surface area is 120 Å². The molecule has 1 saturated carbocycles. The number of nitrogens with two attached hydrogens (primary N) is 1. The lowest BCUT2D eigenvalue weighted by Gasteiger charge is -2.26. The molecule has 2 rings (SSSR count). The smallest absolute Gasteiger partial charge is 0.216 e. The molecule has 0 spiro atoms. The molecule has 5 nitrogen and oxygen atoms in total. The van der Waals surface area contributed by atoms with Crippen LogP contribution in [0.5, 0.6) is 0 Å². The van der Waals surface area contributed by atoms with Gasteiger partial charge in [0.25, 0.3) is 0 Å². The van der Waals surface area contributed by atoms with E-state index in [1.165, 1.54) is 0 Å². The van der Waals surface area contributed by atoms with Gasteiger partial charge < -0.3 is 10.8 Å². The molecule has 1 fully saturated rings. The molecular formula is C14H22N2O3S. The highest BCUT2D eigenvalue weighted by Crippen LogP contribution is 2.19. The molecule has 0 unspecified atom stereocenters. The van der Waals surface area contributed by atoms with Gasteiger partial charge in [-0.15, -0.1) is 0 Å². The second-order valence-electron chi connectivity index (χ2n) is 5.41. The quantitative estimate of drug-likeness (QED) is 0.752. The van der Waals surface area contributed by atoms with E-state index in [0.717, 1.165) is 11.1 Å². The molecule has 0 aromatic heterocycles. The molecule has 20 heavy (non-hydrogen) atoms. The molecule has 1 aromatic carbocycles. The summed E-state index contributed by atoms with van der Waals surface area (Å²) in [6.45, 7) is 0.405. The summed E-state index contributed by atoms with van der Waals surface area (Å²) in [7, 11) is -3.35. The highest BCUT2D eigenvalue weighted by molar-refractivity contribution is 7.88. The van der Waals surface area contributed by atoms with Gasteiger partial charge >= 0.3 is 0 Å². The van der Waals surface area contributed by atoms with Gasteiger partial charge in [0.05, 0.1) is 11.9 Å². The van der Waals surface area contributed by atoms with E-state index in [1.807, 2.05) is 18.2 Å². The van der Waals surface area contributed by atoms with E-state index in [-0.39, 0.29) is 17.9 Å². The van der Waals surface area contributed by atoms with E-state index < -0.39 is 10.0 Å². The number of hydrogen-bond donors (Lipinski definition) is 3. The van der Waals surface area contributed by atoms with Crippen molar-refractivity contribution >= 4 is 10.0 Å². The highest BCUT2D eigenvalue weighted by atomic mass is 32.2. The summed E-state index contributed by atoms with van der Waals surface area (Å²) in [5.74, 6) is -0.0279. The number of sulfonamides is 1. The predicted molar refractivity (Wildman–Crippen MR) is 78.4 cm³/mol. The maximum atomic E-state index is 12.1. The summed E-state index contributed by atoms with van der Waals surface area (Å²) in [5.41, 5.74) is 7.23. The fourth-order valence-corrected chi connectivity index (χ4v) is 4.00. The Morgan fingerprint density at radius 2 is 1.85 bits per heavy atom. The van der Waals surface area contributed by atoms with E-state index in [0.29, 0.717) is 32.2 Å². The topological polar surface area (TPSA) is 92.4 Å². The van der Waals surface area contributed by atoms with E-state index in [2.05, 4.69) is 4.72 Å². The normalized spacial score (nSPS) is 23.7. The molecule has 112 valence electrons. The minimum Gasteiger partial charge on any atom is -0.393 e. The zero-order chi connectivity index (χ0) is 14.6. The molecule has 1 aliphatic rings. The van der Waals surface area contributed by atoms with Crippen LogP contribution in [0.1, 0.15) is 36.8 Å². The SMILES string of the molecule is NCc1cccc(CS(=O)(=O)NC2CCC(O)CC2)c1. The maximum Gasteiger partial charge on any atom is 0.216 e. The number of rotatable bonds is 5. The number of aliphatic hydroxyl groups is 1. The van der Waals surface area contributed by atoms with Gasteiger partial charge in [-0.2, -0.15) is 0 Å². The van der Waals surface area contributed by atoms with Crippen LogP contribution in [0.2, 0.25) is 0 Å². The van der Waals surface area contributed by atoms with Crippen molar-refractivity contribution in [1.82, 2.24) is 4.72 Å². The zero-order valence-corrected chi connectivity index (χ0v) is 12.3. The molecule has 1 aliphatic carbocycles. The molecule has 1 aromatic rings. The first-order chi connectivity index (χ1) is 9.48. The van der Waals surface area contributed by atoms with Crippen molar-refractivity contribution in [1.29, 1.82) is 0 Å². The summed E-state index contributed by atoms with van der Waals surface area (Å²) >= 11 is 0. The van der Waals surface area contributed by atoms with E-state index in [4.69, 9.17) is 5.73 Å². The molecule has 6 heteroatoms. The number of benzene rings is 1. The average Bonchev–Trinajstić information content (AvgIpc) is 2.41. The minimum atomic E-state index is -3.35. The minimum absolute atomic E-state index is 0.0279. The van der Waals surface area contributed by atoms with Crippen molar-refractivity contribution in [3.05, 3.63) is 35.4 Å². The first-order valence-electron chi connectivity index (χ1n) is 6.94. The Morgan fingerprint density at radius 3 is 2.50 bits per heavy atom. The zero-order valence-electron chi connectivity index (χ0n) is 11.5. The molecular weight excluding hydrogens is 276 g/mol. The third kappa shape index (κ3) is 4.56. The van der Waals surface area contributed by atoms with Crippen LogP contribution in [0.25, 0.3) is 0 Å². The van der Waals surface area contributed by atoms with Gasteiger partial charge in [-0.1, -0.05) is 24.3 Å².